The molecule has 14 heteroatoms. The Balaban J connectivity index is 1.32. The maximum Gasteiger partial charge on any atom is 0.355 e. The molecule has 6 rings (SSSR count). The Morgan fingerprint density at radius 3 is 2.40 bits per heavy atom. The number of aromatic nitrogens is 2. The Morgan fingerprint density at radius 1 is 0.956 bits per heavy atom. The highest BCUT2D eigenvalue weighted by Gasteiger charge is 2.40. The fourth-order valence-corrected chi connectivity index (χ4v) is 8.78. The Labute approximate surface area is 264 Å². The summed E-state index contributed by atoms with van der Waals surface area (Å²) in [5.74, 6) is -1.19. The second kappa shape index (κ2) is 12.3. The number of rotatable bonds is 9. The van der Waals surface area contributed by atoms with E-state index in [4.69, 9.17) is 21.1 Å². The highest BCUT2D eigenvalue weighted by atomic mass is 35.5. The summed E-state index contributed by atoms with van der Waals surface area (Å²) < 4.78 is 69.3. The van der Waals surface area contributed by atoms with Crippen molar-refractivity contribution in [2.24, 2.45) is 0 Å². The Kier molecular flexibility index (Phi) is 8.37. The highest BCUT2D eigenvalue weighted by molar-refractivity contribution is 7.91. The summed E-state index contributed by atoms with van der Waals surface area (Å²) in [5, 5.41) is 10.3. The van der Waals surface area contributed by atoms with Crippen molar-refractivity contribution < 1.29 is 36.2 Å². The summed E-state index contributed by atoms with van der Waals surface area (Å²) in [6, 6.07) is 22.2. The van der Waals surface area contributed by atoms with Gasteiger partial charge in [0.2, 0.25) is 10.0 Å². The number of fused-ring (bicyclic) bond motifs is 1. The molecule has 1 aliphatic heterocycles. The Hall–Kier alpha value is -4.27. The molecular formula is C31H26ClN3O8S2. The van der Waals surface area contributed by atoms with Crippen molar-refractivity contribution in [3.05, 3.63) is 108 Å². The first-order valence-corrected chi connectivity index (χ1v) is 17.0. The topological polar surface area (TPSA) is 145 Å². The highest BCUT2D eigenvalue weighted by Crippen LogP contribution is 2.37. The normalized spacial score (nSPS) is 16.1. The van der Waals surface area contributed by atoms with Crippen LogP contribution in [-0.2, 0) is 24.8 Å². The SMILES string of the molecule is O=C(O)c1c(S(=O)(=O)N2CCOC(COc3ccc(-c4cccnc4)cc3)C2)c2cc(Cl)ccc2n1S(=O)(=O)c1ccccc1. The molecule has 5 aromatic rings. The van der Waals surface area contributed by atoms with E-state index in [9.17, 15) is 26.7 Å². The van der Waals surface area contributed by atoms with Crippen LogP contribution < -0.4 is 4.74 Å². The number of aromatic carboxylic acids is 1. The molecule has 0 bridgehead atoms. The molecule has 1 aliphatic rings. The lowest BCUT2D eigenvalue weighted by molar-refractivity contribution is -0.0249. The molecule has 0 radical (unpaired) electrons. The molecule has 45 heavy (non-hydrogen) atoms. The minimum atomic E-state index is -4.59. The monoisotopic (exact) mass is 667 g/mol. The molecule has 232 valence electrons. The predicted octanol–water partition coefficient (Wildman–Crippen LogP) is 4.76. The quantitative estimate of drug-likeness (QED) is 0.235. The van der Waals surface area contributed by atoms with Crippen molar-refractivity contribution in [3.63, 3.8) is 0 Å². The van der Waals surface area contributed by atoms with Gasteiger partial charge in [-0.1, -0.05) is 48.0 Å². The number of benzene rings is 3. The molecule has 0 saturated carbocycles. The number of hydrogen-bond acceptors (Lipinski definition) is 8. The maximum absolute atomic E-state index is 14.2. The van der Waals surface area contributed by atoms with E-state index in [0.29, 0.717) is 9.72 Å². The average molecular weight is 668 g/mol. The van der Waals surface area contributed by atoms with Gasteiger partial charge in [0.25, 0.3) is 10.0 Å². The Bertz CT molecular complexity index is 2090. The molecule has 0 aliphatic carbocycles. The van der Waals surface area contributed by atoms with Crippen LogP contribution in [0.2, 0.25) is 5.02 Å². The number of carboxylic acid groups (broad SMARTS) is 1. The summed E-state index contributed by atoms with van der Waals surface area (Å²) in [7, 11) is -9.12. The van der Waals surface area contributed by atoms with Crippen molar-refractivity contribution in [1.82, 2.24) is 13.3 Å². The van der Waals surface area contributed by atoms with Crippen molar-refractivity contribution >= 4 is 48.5 Å². The van der Waals surface area contributed by atoms with Gasteiger partial charge >= 0.3 is 5.97 Å². The first kappa shape index (κ1) is 30.7. The van der Waals surface area contributed by atoms with E-state index < -0.39 is 42.7 Å². The van der Waals surface area contributed by atoms with Crippen molar-refractivity contribution in [3.8, 4) is 16.9 Å². The van der Waals surface area contributed by atoms with Crippen LogP contribution in [0.4, 0.5) is 0 Å². The van der Waals surface area contributed by atoms with Crippen molar-refractivity contribution in [2.75, 3.05) is 26.3 Å². The van der Waals surface area contributed by atoms with Gasteiger partial charge in [0.05, 0.1) is 17.0 Å². The number of nitrogens with zero attached hydrogens (tertiary/aromatic N) is 3. The first-order valence-electron chi connectivity index (χ1n) is 13.7. The fraction of sp³-hybridized carbons (Fsp3) is 0.161. The van der Waals surface area contributed by atoms with Crippen molar-refractivity contribution in [1.29, 1.82) is 0 Å². The van der Waals surface area contributed by atoms with E-state index in [2.05, 4.69) is 4.98 Å². The van der Waals surface area contributed by atoms with E-state index in [1.54, 1.807) is 30.6 Å². The van der Waals surface area contributed by atoms with Crippen LogP contribution >= 0.6 is 11.6 Å². The number of sulfonamides is 1. The molecule has 2 aromatic heterocycles. The van der Waals surface area contributed by atoms with Gasteiger partial charge in [-0.25, -0.2) is 25.6 Å². The van der Waals surface area contributed by atoms with Crippen LogP contribution in [-0.4, -0.2) is 73.6 Å². The first-order chi connectivity index (χ1) is 21.6. The summed E-state index contributed by atoms with van der Waals surface area (Å²) in [6.07, 6.45) is 2.75. The van der Waals surface area contributed by atoms with Crippen LogP contribution in [0.1, 0.15) is 10.5 Å². The van der Waals surface area contributed by atoms with Crippen LogP contribution in [0.15, 0.2) is 107 Å². The molecule has 3 aromatic carbocycles. The second-order valence-electron chi connectivity index (χ2n) is 10.2. The summed E-state index contributed by atoms with van der Waals surface area (Å²) in [6.45, 7) is -0.221. The number of ether oxygens (including phenoxy) is 2. The predicted molar refractivity (Wildman–Crippen MR) is 167 cm³/mol. The third kappa shape index (κ3) is 5.92. The lowest BCUT2D eigenvalue weighted by atomic mass is 10.1. The lowest BCUT2D eigenvalue weighted by Crippen LogP contribution is -2.47. The lowest BCUT2D eigenvalue weighted by Gasteiger charge is -2.32. The van der Waals surface area contributed by atoms with Gasteiger partial charge < -0.3 is 14.6 Å². The summed E-state index contributed by atoms with van der Waals surface area (Å²) in [4.78, 5) is 15.9. The molecule has 1 N–H and O–H groups in total. The summed E-state index contributed by atoms with van der Waals surface area (Å²) >= 11 is 6.21. The third-order valence-electron chi connectivity index (χ3n) is 7.31. The number of morpholine rings is 1. The second-order valence-corrected chi connectivity index (χ2v) is 14.3. The molecule has 0 amide bonds. The molecular weight excluding hydrogens is 642 g/mol. The number of carbonyl (C=O) groups is 1. The van der Waals surface area contributed by atoms with Gasteiger partial charge in [0.15, 0.2) is 5.69 Å². The minimum absolute atomic E-state index is 0.0112. The number of hydrogen-bond donors (Lipinski definition) is 1. The molecule has 1 atom stereocenters. The summed E-state index contributed by atoms with van der Waals surface area (Å²) in [5.41, 5.74) is 0.844. The van der Waals surface area contributed by atoms with Crippen LogP contribution in [0.3, 0.4) is 0 Å². The van der Waals surface area contributed by atoms with Gasteiger partial charge in [-0.2, -0.15) is 4.31 Å². The van der Waals surface area contributed by atoms with Gasteiger partial charge in [-0.15, -0.1) is 0 Å². The van der Waals surface area contributed by atoms with Gasteiger partial charge in [-0.3, -0.25) is 4.98 Å². The van der Waals surface area contributed by atoms with E-state index in [0.717, 1.165) is 15.4 Å². The van der Waals surface area contributed by atoms with Crippen LogP contribution in [0, 0.1) is 0 Å². The van der Waals surface area contributed by atoms with E-state index in [1.165, 1.54) is 42.5 Å². The maximum atomic E-state index is 14.2. The van der Waals surface area contributed by atoms with E-state index in [-0.39, 0.29) is 47.1 Å². The Morgan fingerprint density at radius 2 is 1.71 bits per heavy atom. The molecule has 1 saturated heterocycles. The number of halogens is 1. The molecule has 3 heterocycles. The van der Waals surface area contributed by atoms with Gasteiger partial charge in [0, 0.05) is 35.9 Å². The zero-order valence-corrected chi connectivity index (χ0v) is 25.9. The average Bonchev–Trinajstić information content (AvgIpc) is 3.41. The van der Waals surface area contributed by atoms with E-state index >= 15 is 0 Å². The van der Waals surface area contributed by atoms with Crippen molar-refractivity contribution in [2.45, 2.75) is 15.9 Å². The zero-order chi connectivity index (χ0) is 31.8. The molecule has 11 nitrogen and oxygen atoms in total. The molecule has 1 unspecified atom stereocenters. The largest absolute Gasteiger partial charge is 0.491 e. The zero-order valence-electron chi connectivity index (χ0n) is 23.5. The smallest absolute Gasteiger partial charge is 0.355 e. The number of pyridine rings is 1. The standard InChI is InChI=1S/C31H26ClN3O8S2/c32-23-10-13-28-27(17-23)30(29(31(36)37)35(28)44(38,39)26-6-2-1-3-7-26)45(40,41)34-15-16-42-25(19-34)20-43-24-11-8-21(9-12-24)22-5-4-14-33-18-22/h1-14,17-18,25H,15-16,19-20H2,(H,36,37). The van der Waals surface area contributed by atoms with Crippen LogP contribution in [0.5, 0.6) is 5.75 Å². The minimum Gasteiger partial charge on any atom is -0.491 e. The number of carboxylic acids is 1. The molecule has 1 fully saturated rings. The molecule has 0 spiro atoms. The van der Waals surface area contributed by atoms with Gasteiger partial charge in [-0.05, 0) is 59.7 Å². The fourth-order valence-electron chi connectivity index (χ4n) is 5.21. The van der Waals surface area contributed by atoms with Gasteiger partial charge in [0.1, 0.15) is 23.4 Å². The van der Waals surface area contributed by atoms with E-state index in [1.807, 2.05) is 24.3 Å². The third-order valence-corrected chi connectivity index (χ3v) is 11.2. The van der Waals surface area contributed by atoms with Crippen LogP contribution in [0.25, 0.3) is 22.0 Å².